The number of hydrogen-bond donors (Lipinski definition) is 2. The van der Waals surface area contributed by atoms with Crippen LogP contribution in [0.25, 0.3) is 10.8 Å². The van der Waals surface area contributed by atoms with Crippen LogP contribution in [0.2, 0.25) is 0 Å². The van der Waals surface area contributed by atoms with Crippen molar-refractivity contribution in [3.05, 3.63) is 47.0 Å². The number of nitrogens with zero attached hydrogens (tertiary/aromatic N) is 1. The highest BCUT2D eigenvalue weighted by Crippen LogP contribution is 2.32. The zero-order valence-corrected chi connectivity index (χ0v) is 15.1. The van der Waals surface area contributed by atoms with Crippen molar-refractivity contribution in [2.45, 2.75) is 25.6 Å². The molecule has 27 heavy (non-hydrogen) atoms. The Morgan fingerprint density at radius 1 is 1.30 bits per heavy atom. The van der Waals surface area contributed by atoms with E-state index in [2.05, 4.69) is 10.6 Å². The van der Waals surface area contributed by atoms with Crippen molar-refractivity contribution in [2.24, 2.45) is 0 Å². The van der Waals surface area contributed by atoms with Gasteiger partial charge < -0.3 is 15.4 Å². The van der Waals surface area contributed by atoms with E-state index in [4.69, 9.17) is 4.74 Å². The Balaban J connectivity index is 1.70. The summed E-state index contributed by atoms with van der Waals surface area (Å²) in [6, 6.07) is 9.11. The molecule has 7 nitrogen and oxygen atoms in total. The minimum absolute atomic E-state index is 0.121. The molecule has 4 rings (SSSR count). The molecule has 2 aliphatic rings. The summed E-state index contributed by atoms with van der Waals surface area (Å²) in [4.78, 5) is 38.3. The van der Waals surface area contributed by atoms with Gasteiger partial charge in [0, 0.05) is 32.1 Å². The van der Waals surface area contributed by atoms with E-state index < -0.39 is 6.04 Å². The molecule has 0 aliphatic carbocycles. The maximum Gasteiger partial charge on any atom is 0.339 e. The molecule has 1 saturated heterocycles. The lowest BCUT2D eigenvalue weighted by atomic mass is 9.93. The third-order valence-electron chi connectivity index (χ3n) is 5.27. The SMILES string of the molecule is CNC(=O)C[C@@H]1C(=O)NCCN1Cc1ccc2c3c(cccc13)C(=O)OC2. The molecule has 2 amide bonds. The number of ether oxygens (including phenoxy) is 1. The number of cyclic esters (lactones) is 1. The number of hydrogen-bond acceptors (Lipinski definition) is 5. The minimum Gasteiger partial charge on any atom is -0.457 e. The van der Waals surface area contributed by atoms with Crippen LogP contribution in [0.3, 0.4) is 0 Å². The van der Waals surface area contributed by atoms with E-state index >= 15 is 0 Å². The fourth-order valence-corrected chi connectivity index (χ4v) is 3.86. The number of rotatable bonds is 4. The summed E-state index contributed by atoms with van der Waals surface area (Å²) in [5.41, 5.74) is 2.60. The largest absolute Gasteiger partial charge is 0.457 e. The van der Waals surface area contributed by atoms with E-state index in [-0.39, 0.29) is 30.8 Å². The second-order valence-corrected chi connectivity index (χ2v) is 6.84. The highest BCUT2D eigenvalue weighted by Gasteiger charge is 2.32. The molecule has 2 heterocycles. The van der Waals surface area contributed by atoms with Gasteiger partial charge in [0.2, 0.25) is 11.8 Å². The second-order valence-electron chi connectivity index (χ2n) is 6.84. The molecule has 0 spiro atoms. The summed E-state index contributed by atoms with van der Waals surface area (Å²) in [6.07, 6.45) is 0.121. The molecule has 1 fully saturated rings. The van der Waals surface area contributed by atoms with Crippen molar-refractivity contribution in [3.8, 4) is 0 Å². The van der Waals surface area contributed by atoms with Gasteiger partial charge in [-0.3, -0.25) is 14.5 Å². The van der Waals surface area contributed by atoms with E-state index in [1.165, 1.54) is 0 Å². The smallest absolute Gasteiger partial charge is 0.339 e. The molecule has 0 unspecified atom stereocenters. The molecule has 2 aromatic carbocycles. The van der Waals surface area contributed by atoms with Crippen LogP contribution in [0.1, 0.15) is 27.9 Å². The molecule has 140 valence electrons. The topological polar surface area (TPSA) is 87.7 Å². The van der Waals surface area contributed by atoms with Crippen LogP contribution in [0.15, 0.2) is 30.3 Å². The van der Waals surface area contributed by atoms with Crippen molar-refractivity contribution < 1.29 is 19.1 Å². The van der Waals surface area contributed by atoms with Crippen molar-refractivity contribution in [1.82, 2.24) is 15.5 Å². The zero-order valence-electron chi connectivity index (χ0n) is 15.1. The molecule has 0 bridgehead atoms. The third kappa shape index (κ3) is 3.14. The Labute approximate surface area is 156 Å². The molecule has 0 saturated carbocycles. The van der Waals surface area contributed by atoms with Crippen LogP contribution in [0, 0.1) is 0 Å². The third-order valence-corrected chi connectivity index (χ3v) is 5.27. The first-order valence-corrected chi connectivity index (χ1v) is 9.01. The van der Waals surface area contributed by atoms with Gasteiger partial charge in [-0.05, 0) is 22.6 Å². The first-order chi connectivity index (χ1) is 13.1. The highest BCUT2D eigenvalue weighted by atomic mass is 16.5. The van der Waals surface area contributed by atoms with Crippen molar-refractivity contribution in [1.29, 1.82) is 0 Å². The molecule has 1 atom stereocenters. The number of piperazine rings is 1. The van der Waals surface area contributed by atoms with E-state index in [0.29, 0.717) is 25.2 Å². The Hall–Kier alpha value is -2.93. The maximum atomic E-state index is 12.3. The minimum atomic E-state index is -0.505. The van der Waals surface area contributed by atoms with Gasteiger partial charge in [-0.15, -0.1) is 0 Å². The quantitative estimate of drug-likeness (QED) is 0.786. The Bertz CT molecular complexity index is 940. The molecule has 7 heteroatoms. The van der Waals surface area contributed by atoms with Crippen LogP contribution in [0.5, 0.6) is 0 Å². The number of benzene rings is 2. The lowest BCUT2D eigenvalue weighted by molar-refractivity contribution is -0.134. The average Bonchev–Trinajstić information content (AvgIpc) is 2.68. The van der Waals surface area contributed by atoms with Crippen LogP contribution in [-0.2, 0) is 27.5 Å². The van der Waals surface area contributed by atoms with Gasteiger partial charge in [-0.25, -0.2) is 4.79 Å². The lowest BCUT2D eigenvalue weighted by Crippen LogP contribution is -2.56. The Morgan fingerprint density at radius 2 is 2.15 bits per heavy atom. The molecular formula is C20H21N3O4. The maximum absolute atomic E-state index is 12.3. The van der Waals surface area contributed by atoms with Crippen LogP contribution in [-0.4, -0.2) is 48.9 Å². The summed E-state index contributed by atoms with van der Waals surface area (Å²) in [6.45, 7) is 2.03. The van der Waals surface area contributed by atoms with Crippen LogP contribution >= 0.6 is 0 Å². The van der Waals surface area contributed by atoms with E-state index in [1.807, 2.05) is 29.2 Å². The first-order valence-electron chi connectivity index (χ1n) is 9.01. The number of carbonyl (C=O) groups is 3. The number of amides is 2. The number of esters is 1. The molecule has 2 N–H and O–H groups in total. The number of nitrogens with one attached hydrogen (secondary N) is 2. The summed E-state index contributed by atoms with van der Waals surface area (Å²) >= 11 is 0. The number of carbonyl (C=O) groups excluding carboxylic acids is 3. The van der Waals surface area contributed by atoms with Crippen molar-refractivity contribution in [3.63, 3.8) is 0 Å². The summed E-state index contributed by atoms with van der Waals surface area (Å²) in [7, 11) is 1.57. The summed E-state index contributed by atoms with van der Waals surface area (Å²) in [5, 5.41) is 7.34. The van der Waals surface area contributed by atoms with Gasteiger partial charge in [0.05, 0.1) is 18.0 Å². The van der Waals surface area contributed by atoms with Gasteiger partial charge in [0.25, 0.3) is 0 Å². The van der Waals surface area contributed by atoms with E-state index in [1.54, 1.807) is 13.1 Å². The molecular weight excluding hydrogens is 346 g/mol. The van der Waals surface area contributed by atoms with Gasteiger partial charge in [-0.2, -0.15) is 0 Å². The fraction of sp³-hybridized carbons (Fsp3) is 0.350. The van der Waals surface area contributed by atoms with Gasteiger partial charge in [-0.1, -0.05) is 24.3 Å². The van der Waals surface area contributed by atoms with Gasteiger partial charge >= 0.3 is 5.97 Å². The average molecular weight is 367 g/mol. The van der Waals surface area contributed by atoms with E-state index in [0.717, 1.165) is 21.9 Å². The molecule has 0 radical (unpaired) electrons. The van der Waals surface area contributed by atoms with Gasteiger partial charge in [0.15, 0.2) is 0 Å². The predicted octanol–water partition coefficient (Wildman–Crippen LogP) is 0.947. The second kappa shape index (κ2) is 7.00. The first kappa shape index (κ1) is 17.5. The summed E-state index contributed by atoms with van der Waals surface area (Å²) in [5.74, 6) is -0.599. The summed E-state index contributed by atoms with van der Waals surface area (Å²) < 4.78 is 5.22. The lowest BCUT2D eigenvalue weighted by Gasteiger charge is -2.35. The molecule has 0 aromatic heterocycles. The van der Waals surface area contributed by atoms with Crippen molar-refractivity contribution in [2.75, 3.05) is 20.1 Å². The monoisotopic (exact) mass is 367 g/mol. The zero-order chi connectivity index (χ0) is 19.0. The predicted molar refractivity (Wildman–Crippen MR) is 99.0 cm³/mol. The molecule has 2 aromatic rings. The van der Waals surface area contributed by atoms with Crippen LogP contribution < -0.4 is 10.6 Å². The normalized spacial score (nSPS) is 19.5. The Kier molecular flexibility index (Phi) is 4.53. The highest BCUT2D eigenvalue weighted by molar-refractivity contribution is 6.08. The fourth-order valence-electron chi connectivity index (χ4n) is 3.86. The Morgan fingerprint density at radius 3 is 2.96 bits per heavy atom. The standard InChI is InChI=1S/C20H21N3O4/c1-21-17(24)9-16-19(25)22-7-8-23(16)10-12-5-6-13-11-27-20(26)15-4-2-3-14(12)18(13)15/h2-6,16H,7-11H2,1H3,(H,21,24)(H,22,25)/t16-/m1/s1. The van der Waals surface area contributed by atoms with Gasteiger partial charge in [0.1, 0.15) is 6.61 Å². The van der Waals surface area contributed by atoms with Crippen molar-refractivity contribution >= 4 is 28.6 Å². The van der Waals surface area contributed by atoms with Crippen LogP contribution in [0.4, 0.5) is 0 Å². The van der Waals surface area contributed by atoms with E-state index in [9.17, 15) is 14.4 Å². The molecule has 2 aliphatic heterocycles.